The molecule has 1 unspecified atom stereocenters. The van der Waals surface area contributed by atoms with E-state index in [9.17, 15) is 13.6 Å². The number of carbonyl (C=O) groups excluding carboxylic acids is 1. The lowest BCUT2D eigenvalue weighted by atomic mass is 9.96. The van der Waals surface area contributed by atoms with Gasteiger partial charge in [-0.25, -0.2) is 8.78 Å². The van der Waals surface area contributed by atoms with E-state index in [0.29, 0.717) is 37.6 Å². The standard InChI is InChI=1S/C19H23F2N5O2/c1-25-9-6-22-11-16(25)17-23-18(28-24-17)12-4-7-26(8-5-12)19(27)14-3-2-13(20)10-15(14)21/h2-3,10,12,16,22H,4-9,11H2,1H3. The number of aromatic nitrogens is 2. The lowest BCUT2D eigenvalue weighted by Crippen LogP contribution is -2.44. The van der Waals surface area contributed by atoms with Gasteiger partial charge in [0, 0.05) is 44.7 Å². The molecule has 1 amide bonds. The van der Waals surface area contributed by atoms with Gasteiger partial charge in [0.25, 0.3) is 5.91 Å². The number of halogens is 2. The molecule has 1 atom stereocenters. The molecule has 2 saturated heterocycles. The number of nitrogens with one attached hydrogen (secondary N) is 1. The van der Waals surface area contributed by atoms with Crippen LogP contribution < -0.4 is 5.32 Å². The van der Waals surface area contributed by atoms with Gasteiger partial charge in [0.1, 0.15) is 11.6 Å². The van der Waals surface area contributed by atoms with E-state index in [1.807, 2.05) is 7.05 Å². The molecule has 9 heteroatoms. The zero-order valence-electron chi connectivity index (χ0n) is 15.7. The van der Waals surface area contributed by atoms with Crippen LogP contribution >= 0.6 is 0 Å². The normalized spacial score (nSPS) is 21.8. The molecule has 0 aliphatic carbocycles. The largest absolute Gasteiger partial charge is 0.339 e. The summed E-state index contributed by atoms with van der Waals surface area (Å²) >= 11 is 0. The van der Waals surface area contributed by atoms with Crippen molar-refractivity contribution >= 4 is 5.91 Å². The lowest BCUT2D eigenvalue weighted by Gasteiger charge is -2.31. The number of likely N-dealkylation sites (N-methyl/N-ethyl adjacent to an activating group) is 1. The van der Waals surface area contributed by atoms with Gasteiger partial charge < -0.3 is 14.7 Å². The van der Waals surface area contributed by atoms with Crippen LogP contribution in [0.1, 0.15) is 46.9 Å². The van der Waals surface area contributed by atoms with Crippen LogP contribution in [0.3, 0.4) is 0 Å². The maximum absolute atomic E-state index is 13.9. The first kappa shape index (κ1) is 18.9. The van der Waals surface area contributed by atoms with Gasteiger partial charge in [-0.05, 0) is 32.0 Å². The summed E-state index contributed by atoms with van der Waals surface area (Å²) in [6, 6.07) is 3.12. The van der Waals surface area contributed by atoms with Crippen LogP contribution in [0.25, 0.3) is 0 Å². The minimum Gasteiger partial charge on any atom is -0.339 e. The molecule has 7 nitrogen and oxygen atoms in total. The van der Waals surface area contributed by atoms with Crippen molar-refractivity contribution in [2.24, 2.45) is 0 Å². The third-order valence-corrected chi connectivity index (χ3v) is 5.56. The first-order valence-corrected chi connectivity index (χ1v) is 9.51. The quantitative estimate of drug-likeness (QED) is 0.862. The van der Waals surface area contributed by atoms with E-state index >= 15 is 0 Å². The predicted octanol–water partition coefficient (Wildman–Crippen LogP) is 1.94. The molecule has 150 valence electrons. The topological polar surface area (TPSA) is 74.5 Å². The van der Waals surface area contributed by atoms with Crippen molar-refractivity contribution in [1.82, 2.24) is 25.3 Å². The Labute approximate surface area is 161 Å². The number of benzene rings is 1. The van der Waals surface area contributed by atoms with Crippen molar-refractivity contribution in [3.63, 3.8) is 0 Å². The summed E-state index contributed by atoms with van der Waals surface area (Å²) in [7, 11) is 2.04. The van der Waals surface area contributed by atoms with Crippen LogP contribution in [0.5, 0.6) is 0 Å². The molecule has 1 N–H and O–H groups in total. The summed E-state index contributed by atoms with van der Waals surface area (Å²) in [6.07, 6.45) is 1.32. The molecule has 2 aromatic rings. The van der Waals surface area contributed by atoms with E-state index in [2.05, 4.69) is 20.4 Å². The number of rotatable bonds is 3. The molecule has 0 spiro atoms. The second kappa shape index (κ2) is 7.92. The fourth-order valence-electron chi connectivity index (χ4n) is 3.81. The minimum absolute atomic E-state index is 0.0743. The van der Waals surface area contributed by atoms with Gasteiger partial charge >= 0.3 is 0 Å². The zero-order valence-corrected chi connectivity index (χ0v) is 15.7. The Bertz CT molecular complexity index is 851. The van der Waals surface area contributed by atoms with Crippen LogP contribution in [0.15, 0.2) is 22.7 Å². The van der Waals surface area contributed by atoms with E-state index in [-0.39, 0.29) is 17.5 Å². The lowest BCUT2D eigenvalue weighted by molar-refractivity contribution is 0.0699. The third kappa shape index (κ3) is 3.77. The van der Waals surface area contributed by atoms with E-state index in [1.165, 1.54) is 6.07 Å². The summed E-state index contributed by atoms with van der Waals surface area (Å²) in [5.74, 6) is -0.606. The highest BCUT2D eigenvalue weighted by Gasteiger charge is 2.31. The molecule has 2 aliphatic heterocycles. The van der Waals surface area contributed by atoms with E-state index in [4.69, 9.17) is 4.52 Å². The number of hydrogen-bond donors (Lipinski definition) is 1. The van der Waals surface area contributed by atoms with Crippen LogP contribution in [0, 0.1) is 11.6 Å². The average molecular weight is 391 g/mol. The Hall–Kier alpha value is -2.39. The molecule has 0 saturated carbocycles. The number of piperazine rings is 1. The van der Waals surface area contributed by atoms with Crippen molar-refractivity contribution in [3.8, 4) is 0 Å². The first-order valence-electron chi connectivity index (χ1n) is 9.51. The van der Waals surface area contributed by atoms with Gasteiger partial charge in [-0.2, -0.15) is 4.98 Å². The van der Waals surface area contributed by atoms with Gasteiger partial charge in [0.2, 0.25) is 5.89 Å². The Morgan fingerprint density at radius 1 is 1.25 bits per heavy atom. The third-order valence-electron chi connectivity index (χ3n) is 5.56. The molecule has 0 radical (unpaired) electrons. The number of amides is 1. The van der Waals surface area contributed by atoms with Crippen molar-refractivity contribution in [3.05, 3.63) is 47.1 Å². The predicted molar refractivity (Wildman–Crippen MR) is 96.8 cm³/mol. The summed E-state index contributed by atoms with van der Waals surface area (Å²) < 4.78 is 32.4. The number of piperidine rings is 1. The zero-order chi connectivity index (χ0) is 19.7. The Morgan fingerprint density at radius 3 is 2.75 bits per heavy atom. The summed E-state index contributed by atoms with van der Waals surface area (Å²) in [5, 5.41) is 7.49. The monoisotopic (exact) mass is 391 g/mol. The van der Waals surface area contributed by atoms with Gasteiger partial charge in [0.15, 0.2) is 5.82 Å². The molecule has 2 aliphatic rings. The highest BCUT2D eigenvalue weighted by molar-refractivity contribution is 5.94. The summed E-state index contributed by atoms with van der Waals surface area (Å²) in [5.41, 5.74) is -0.104. The van der Waals surface area contributed by atoms with Crippen molar-refractivity contribution in [1.29, 1.82) is 0 Å². The Balaban J connectivity index is 1.38. The van der Waals surface area contributed by atoms with Gasteiger partial charge in [0.05, 0.1) is 11.6 Å². The molecule has 1 aromatic carbocycles. The van der Waals surface area contributed by atoms with E-state index in [0.717, 1.165) is 31.8 Å². The summed E-state index contributed by atoms with van der Waals surface area (Å²) in [4.78, 5) is 20.9. The molecule has 2 fully saturated rings. The summed E-state index contributed by atoms with van der Waals surface area (Å²) in [6.45, 7) is 3.57. The fraction of sp³-hybridized carbons (Fsp3) is 0.526. The molecule has 3 heterocycles. The van der Waals surface area contributed by atoms with Crippen molar-refractivity contribution in [2.45, 2.75) is 24.8 Å². The second-order valence-corrected chi connectivity index (χ2v) is 7.38. The maximum Gasteiger partial charge on any atom is 0.256 e. The SMILES string of the molecule is CN1CCNCC1c1noc(C2CCN(C(=O)c3ccc(F)cc3F)CC2)n1. The number of hydrogen-bond acceptors (Lipinski definition) is 6. The van der Waals surface area contributed by atoms with Crippen molar-refractivity contribution < 1.29 is 18.1 Å². The molecule has 4 rings (SSSR count). The van der Waals surface area contributed by atoms with Crippen LogP contribution in [0.4, 0.5) is 8.78 Å². The number of likely N-dealkylation sites (tertiary alicyclic amines) is 1. The van der Waals surface area contributed by atoms with Crippen molar-refractivity contribution in [2.75, 3.05) is 39.8 Å². The minimum atomic E-state index is -0.834. The van der Waals surface area contributed by atoms with Crippen LogP contribution in [-0.2, 0) is 0 Å². The number of carbonyl (C=O) groups is 1. The fourth-order valence-corrected chi connectivity index (χ4v) is 3.81. The van der Waals surface area contributed by atoms with Gasteiger partial charge in [-0.1, -0.05) is 5.16 Å². The molecule has 1 aromatic heterocycles. The molecule has 28 heavy (non-hydrogen) atoms. The highest BCUT2D eigenvalue weighted by Crippen LogP contribution is 2.29. The first-order chi connectivity index (χ1) is 13.5. The molecular formula is C19H23F2N5O2. The van der Waals surface area contributed by atoms with E-state index in [1.54, 1.807) is 4.90 Å². The van der Waals surface area contributed by atoms with Gasteiger partial charge in [-0.3, -0.25) is 9.69 Å². The molecule has 0 bridgehead atoms. The smallest absolute Gasteiger partial charge is 0.256 e. The Morgan fingerprint density at radius 2 is 2.04 bits per heavy atom. The van der Waals surface area contributed by atoms with Crippen LogP contribution in [0.2, 0.25) is 0 Å². The second-order valence-electron chi connectivity index (χ2n) is 7.38. The number of nitrogens with zero attached hydrogens (tertiary/aromatic N) is 4. The van der Waals surface area contributed by atoms with Crippen LogP contribution in [-0.4, -0.2) is 65.6 Å². The maximum atomic E-state index is 13.9. The highest BCUT2D eigenvalue weighted by atomic mass is 19.1. The Kier molecular flexibility index (Phi) is 5.36. The van der Waals surface area contributed by atoms with Gasteiger partial charge in [-0.15, -0.1) is 0 Å². The average Bonchev–Trinajstić information content (AvgIpc) is 3.18. The van der Waals surface area contributed by atoms with E-state index < -0.39 is 17.5 Å². The molecular weight excluding hydrogens is 368 g/mol.